The minimum Gasteiger partial charge on any atom is -0.383 e. The Bertz CT molecular complexity index is 1370. The van der Waals surface area contributed by atoms with Gasteiger partial charge in [0.1, 0.15) is 0 Å². The van der Waals surface area contributed by atoms with E-state index in [1.807, 2.05) is 76.4 Å². The lowest BCUT2D eigenvalue weighted by Gasteiger charge is -2.31. The van der Waals surface area contributed by atoms with Crippen LogP contribution >= 0.6 is 0 Å². The van der Waals surface area contributed by atoms with Crippen LogP contribution in [0.2, 0.25) is 0 Å². The van der Waals surface area contributed by atoms with Gasteiger partial charge < -0.3 is 16.0 Å². The second-order valence-electron chi connectivity index (χ2n) is 8.49. The molecule has 0 aromatic heterocycles. The molecule has 0 amide bonds. The van der Waals surface area contributed by atoms with Crippen LogP contribution in [-0.2, 0) is 0 Å². The van der Waals surface area contributed by atoms with Crippen molar-refractivity contribution in [1.82, 2.24) is 16.0 Å². The normalized spacial score (nSPS) is 18.6. The largest absolute Gasteiger partial charge is 0.383 e. The SMILES string of the molecule is CC.CC.O=[N+]([O-])c1cc(-c2ccc(C3=CC(C4=CC=CCN4)NC(C4C=CC=CN4)=C3)cc2)cc([N+](=O)[O-])c1. The summed E-state index contributed by atoms with van der Waals surface area (Å²) >= 11 is 0. The predicted octanol–water partition coefficient (Wildman–Crippen LogP) is 6.55. The Balaban J connectivity index is 0.00000106. The second kappa shape index (κ2) is 14.3. The van der Waals surface area contributed by atoms with E-state index < -0.39 is 9.85 Å². The van der Waals surface area contributed by atoms with Crippen LogP contribution < -0.4 is 16.0 Å². The molecule has 5 rings (SSSR count). The van der Waals surface area contributed by atoms with Crippen LogP contribution in [0.25, 0.3) is 16.7 Å². The topological polar surface area (TPSA) is 122 Å². The van der Waals surface area contributed by atoms with Gasteiger partial charge in [0.25, 0.3) is 11.4 Å². The van der Waals surface area contributed by atoms with Gasteiger partial charge in [-0.15, -0.1) is 0 Å². The first-order valence-corrected chi connectivity index (χ1v) is 13.4. The van der Waals surface area contributed by atoms with E-state index >= 15 is 0 Å². The van der Waals surface area contributed by atoms with Crippen LogP contribution in [0.5, 0.6) is 0 Å². The zero-order valence-corrected chi connectivity index (χ0v) is 23.1. The number of allylic oxidation sites excluding steroid dienone is 6. The van der Waals surface area contributed by atoms with Gasteiger partial charge in [0.15, 0.2) is 0 Å². The van der Waals surface area contributed by atoms with Gasteiger partial charge in [-0.1, -0.05) is 76.3 Å². The van der Waals surface area contributed by atoms with Crippen molar-refractivity contribution in [2.75, 3.05) is 6.54 Å². The van der Waals surface area contributed by atoms with Crippen LogP contribution in [0, 0.1) is 20.2 Å². The molecule has 9 nitrogen and oxygen atoms in total. The molecule has 3 heterocycles. The summed E-state index contributed by atoms with van der Waals surface area (Å²) in [5.41, 5.74) is 4.52. The van der Waals surface area contributed by atoms with Crippen molar-refractivity contribution >= 4 is 16.9 Å². The number of dihydropyridines is 3. The van der Waals surface area contributed by atoms with E-state index in [2.05, 4.69) is 46.3 Å². The molecule has 0 saturated carbocycles. The van der Waals surface area contributed by atoms with E-state index in [9.17, 15) is 20.2 Å². The lowest BCUT2D eigenvalue weighted by Crippen LogP contribution is -2.43. The molecule has 208 valence electrons. The maximum atomic E-state index is 11.3. The Morgan fingerprint density at radius 2 is 1.43 bits per heavy atom. The highest BCUT2D eigenvalue weighted by Gasteiger charge is 2.23. The third-order valence-electron chi connectivity index (χ3n) is 6.15. The van der Waals surface area contributed by atoms with Crippen LogP contribution in [0.4, 0.5) is 11.4 Å². The third kappa shape index (κ3) is 7.13. The van der Waals surface area contributed by atoms with Crippen LogP contribution in [0.3, 0.4) is 0 Å². The highest BCUT2D eigenvalue weighted by Crippen LogP contribution is 2.32. The standard InChI is InChI=1S/C27H23N5O4.2C2H6/c33-31(34)22-13-20(14-23(17-22)32(35)36)18-7-9-19(10-8-18)21-15-26(24-5-1-3-11-28-24)30-27(16-21)25-6-2-4-12-29-25;2*1-2/h1-11,13-17,24,27-30H,12H2;2*1-2H3. The summed E-state index contributed by atoms with van der Waals surface area (Å²) in [6.45, 7) is 8.76. The Kier molecular flexibility index (Phi) is 10.6. The van der Waals surface area contributed by atoms with E-state index in [1.165, 1.54) is 12.1 Å². The number of nitro groups is 2. The highest BCUT2D eigenvalue weighted by molar-refractivity contribution is 5.79. The number of non-ortho nitro benzene ring substituents is 2. The number of nitrogens with one attached hydrogen (secondary N) is 3. The Morgan fingerprint density at radius 1 is 0.775 bits per heavy atom. The van der Waals surface area contributed by atoms with Gasteiger partial charge in [-0.3, -0.25) is 20.2 Å². The summed E-state index contributed by atoms with van der Waals surface area (Å²) in [4.78, 5) is 21.3. The van der Waals surface area contributed by atoms with E-state index in [0.29, 0.717) is 11.1 Å². The van der Waals surface area contributed by atoms with Gasteiger partial charge in [-0.2, -0.15) is 0 Å². The lowest BCUT2D eigenvalue weighted by atomic mass is 9.93. The van der Waals surface area contributed by atoms with Gasteiger partial charge in [0, 0.05) is 30.1 Å². The second-order valence-corrected chi connectivity index (χ2v) is 8.49. The maximum absolute atomic E-state index is 11.3. The molecule has 0 saturated heterocycles. The molecule has 2 atom stereocenters. The van der Waals surface area contributed by atoms with Crippen molar-refractivity contribution in [3.63, 3.8) is 0 Å². The van der Waals surface area contributed by atoms with Gasteiger partial charge in [-0.05, 0) is 52.8 Å². The average Bonchev–Trinajstić information content (AvgIpc) is 3.03. The van der Waals surface area contributed by atoms with Gasteiger partial charge in [0.2, 0.25) is 0 Å². The van der Waals surface area contributed by atoms with Crippen molar-refractivity contribution in [2.24, 2.45) is 0 Å². The minimum absolute atomic E-state index is 0.00521. The number of rotatable bonds is 6. The first-order valence-electron chi connectivity index (χ1n) is 13.4. The zero-order valence-electron chi connectivity index (χ0n) is 23.1. The van der Waals surface area contributed by atoms with E-state index in [4.69, 9.17) is 0 Å². The molecule has 0 spiro atoms. The fraction of sp³-hybridized carbons (Fsp3) is 0.226. The monoisotopic (exact) mass is 541 g/mol. The molecule has 9 heteroatoms. The minimum atomic E-state index is -0.622. The molecule has 3 N–H and O–H groups in total. The summed E-state index contributed by atoms with van der Waals surface area (Å²) in [6, 6.07) is 11.1. The first-order chi connectivity index (χ1) is 19.5. The number of hydrogen-bond donors (Lipinski definition) is 3. The van der Waals surface area contributed by atoms with E-state index in [0.717, 1.165) is 35.1 Å². The number of hydrogen-bond acceptors (Lipinski definition) is 7. The van der Waals surface area contributed by atoms with Gasteiger partial charge in [-0.25, -0.2) is 0 Å². The van der Waals surface area contributed by atoms with Crippen molar-refractivity contribution in [2.45, 2.75) is 39.8 Å². The molecular formula is C31H35N5O4. The van der Waals surface area contributed by atoms with Crippen molar-refractivity contribution in [3.8, 4) is 11.1 Å². The summed E-state index contributed by atoms with van der Waals surface area (Å²) in [5, 5.41) is 32.9. The molecule has 2 aromatic carbocycles. The third-order valence-corrected chi connectivity index (χ3v) is 6.15. The molecular weight excluding hydrogens is 506 g/mol. The fourth-order valence-corrected chi connectivity index (χ4v) is 4.34. The van der Waals surface area contributed by atoms with Gasteiger partial charge >= 0.3 is 0 Å². The summed E-state index contributed by atoms with van der Waals surface area (Å²) < 4.78 is 0. The molecule has 3 aliphatic rings. The first kappa shape index (κ1) is 29.6. The smallest absolute Gasteiger partial charge is 0.276 e. The summed E-state index contributed by atoms with van der Waals surface area (Å²) in [5.74, 6) is 0. The molecule has 2 aromatic rings. The van der Waals surface area contributed by atoms with Gasteiger partial charge in [0.05, 0.1) is 28.0 Å². The molecule has 3 aliphatic heterocycles. The maximum Gasteiger partial charge on any atom is 0.276 e. The molecule has 40 heavy (non-hydrogen) atoms. The highest BCUT2D eigenvalue weighted by atomic mass is 16.6. The van der Waals surface area contributed by atoms with Crippen molar-refractivity contribution in [1.29, 1.82) is 0 Å². The fourth-order valence-electron chi connectivity index (χ4n) is 4.34. The summed E-state index contributed by atoms with van der Waals surface area (Å²) in [7, 11) is 0. The molecule has 0 fully saturated rings. The Morgan fingerprint density at radius 3 is 1.98 bits per heavy atom. The number of nitrogens with zero attached hydrogens (tertiary/aromatic N) is 2. The lowest BCUT2D eigenvalue weighted by molar-refractivity contribution is -0.394. The Labute approximate surface area is 234 Å². The molecule has 2 unspecified atom stereocenters. The number of benzene rings is 2. The zero-order chi connectivity index (χ0) is 29.1. The quantitative estimate of drug-likeness (QED) is 0.280. The van der Waals surface area contributed by atoms with Crippen LogP contribution in [0.1, 0.15) is 33.3 Å². The van der Waals surface area contributed by atoms with Crippen molar-refractivity contribution in [3.05, 3.63) is 134 Å². The van der Waals surface area contributed by atoms with E-state index in [1.54, 1.807) is 0 Å². The number of nitro benzene ring substituents is 2. The molecule has 0 bridgehead atoms. The molecule has 0 aliphatic carbocycles. The van der Waals surface area contributed by atoms with E-state index in [-0.39, 0.29) is 23.5 Å². The van der Waals surface area contributed by atoms with Crippen LogP contribution in [-0.4, -0.2) is 28.5 Å². The van der Waals surface area contributed by atoms with Crippen molar-refractivity contribution < 1.29 is 9.85 Å². The predicted molar refractivity (Wildman–Crippen MR) is 161 cm³/mol. The average molecular weight is 542 g/mol. The summed E-state index contributed by atoms with van der Waals surface area (Å²) in [6.07, 6.45) is 18.3. The Hall–Kier alpha value is -4.92. The molecule has 0 radical (unpaired) electrons. The van der Waals surface area contributed by atoms with Crippen LogP contribution in [0.15, 0.2) is 109 Å².